The monoisotopic (exact) mass is 582 g/mol. The fourth-order valence-electron chi connectivity index (χ4n) is 6.97. The standard InChI is InChI=1S/C33H34N4O6/c1-20-25(30(40)37(35(20)2)24-12-4-3-5-13-24)28-26-27(31(41)36(29(26)39)16-8-9-17-38)33(34-28,32(42)43)19-21-14-15-22-10-6-7-11-23(22)18-21/h3-7,10-15,18,26-28,34,38H,8-9,16-17,19H2,1-2H3,(H,42,43). The number of rotatable bonds is 9. The van der Waals surface area contributed by atoms with Gasteiger partial charge < -0.3 is 10.2 Å². The number of aliphatic carboxylic acids is 1. The number of nitrogens with zero attached hydrogens (tertiary/aromatic N) is 3. The Morgan fingerprint density at radius 1 is 0.930 bits per heavy atom. The first-order chi connectivity index (χ1) is 20.7. The van der Waals surface area contributed by atoms with E-state index in [4.69, 9.17) is 0 Å². The Bertz CT molecular complexity index is 1790. The minimum Gasteiger partial charge on any atom is -0.480 e. The number of hydrogen-bond acceptors (Lipinski definition) is 6. The molecule has 2 aliphatic rings. The Labute approximate surface area is 248 Å². The van der Waals surface area contributed by atoms with Gasteiger partial charge in [0.15, 0.2) is 0 Å². The first-order valence-corrected chi connectivity index (χ1v) is 14.5. The van der Waals surface area contributed by atoms with Crippen LogP contribution >= 0.6 is 0 Å². The summed E-state index contributed by atoms with van der Waals surface area (Å²) < 4.78 is 3.18. The van der Waals surface area contributed by atoms with Crippen molar-refractivity contribution < 1.29 is 24.6 Å². The molecule has 10 nitrogen and oxygen atoms in total. The van der Waals surface area contributed by atoms with Crippen LogP contribution in [0.4, 0.5) is 0 Å². The van der Waals surface area contributed by atoms with E-state index in [0.717, 1.165) is 15.7 Å². The van der Waals surface area contributed by atoms with Crippen LogP contribution in [0.2, 0.25) is 0 Å². The van der Waals surface area contributed by atoms with Crippen molar-refractivity contribution >= 4 is 28.6 Å². The Kier molecular flexibility index (Phi) is 7.27. The summed E-state index contributed by atoms with van der Waals surface area (Å²) in [5, 5.41) is 25.3. The zero-order valence-corrected chi connectivity index (χ0v) is 24.1. The van der Waals surface area contributed by atoms with Gasteiger partial charge in [-0.25, -0.2) is 4.68 Å². The van der Waals surface area contributed by atoms with Crippen LogP contribution in [-0.4, -0.2) is 61.0 Å². The number of aromatic nitrogens is 2. The highest BCUT2D eigenvalue weighted by atomic mass is 16.4. The summed E-state index contributed by atoms with van der Waals surface area (Å²) in [6, 6.07) is 21.4. The largest absolute Gasteiger partial charge is 0.480 e. The highest BCUT2D eigenvalue weighted by Crippen LogP contribution is 2.50. The van der Waals surface area contributed by atoms with E-state index in [-0.39, 0.29) is 30.7 Å². The molecule has 0 radical (unpaired) electrons. The second-order valence-corrected chi connectivity index (χ2v) is 11.5. The van der Waals surface area contributed by atoms with E-state index in [9.17, 15) is 29.4 Å². The first-order valence-electron chi connectivity index (χ1n) is 14.5. The zero-order valence-electron chi connectivity index (χ0n) is 24.1. The summed E-state index contributed by atoms with van der Waals surface area (Å²) in [7, 11) is 1.74. The quantitative estimate of drug-likeness (QED) is 0.204. The Balaban J connectivity index is 1.50. The molecule has 1 aromatic heterocycles. The van der Waals surface area contributed by atoms with E-state index in [1.54, 1.807) is 30.8 Å². The van der Waals surface area contributed by atoms with Crippen LogP contribution in [-0.2, 0) is 27.9 Å². The van der Waals surface area contributed by atoms with Crippen molar-refractivity contribution in [3.05, 3.63) is 100.0 Å². The highest BCUT2D eigenvalue weighted by Gasteiger charge is 2.68. The van der Waals surface area contributed by atoms with Gasteiger partial charge in [0.05, 0.1) is 29.1 Å². The minimum absolute atomic E-state index is 0.0624. The molecule has 3 N–H and O–H groups in total. The molecule has 10 heteroatoms. The fraction of sp³-hybridized carbons (Fsp3) is 0.333. The predicted molar refractivity (Wildman–Crippen MR) is 160 cm³/mol. The second kappa shape index (κ2) is 10.9. The molecule has 0 spiro atoms. The summed E-state index contributed by atoms with van der Waals surface area (Å²) in [6.07, 6.45) is 0.726. The van der Waals surface area contributed by atoms with Crippen LogP contribution in [0.25, 0.3) is 16.5 Å². The van der Waals surface area contributed by atoms with Crippen molar-refractivity contribution in [1.29, 1.82) is 0 Å². The molecule has 0 aliphatic carbocycles. The van der Waals surface area contributed by atoms with Gasteiger partial charge in [0.25, 0.3) is 5.56 Å². The molecule has 4 aromatic rings. The van der Waals surface area contributed by atoms with Crippen molar-refractivity contribution in [1.82, 2.24) is 19.6 Å². The van der Waals surface area contributed by atoms with E-state index in [0.29, 0.717) is 29.8 Å². The minimum atomic E-state index is -1.84. The maximum Gasteiger partial charge on any atom is 0.325 e. The third-order valence-corrected chi connectivity index (χ3v) is 9.12. The number of hydrogen-bond donors (Lipinski definition) is 3. The number of para-hydroxylation sites is 1. The highest BCUT2D eigenvalue weighted by molar-refractivity contribution is 6.09. The number of carbonyl (C=O) groups excluding carboxylic acids is 2. The van der Waals surface area contributed by atoms with Gasteiger partial charge in [-0.15, -0.1) is 0 Å². The van der Waals surface area contributed by atoms with E-state index >= 15 is 0 Å². The van der Waals surface area contributed by atoms with Gasteiger partial charge in [0, 0.05) is 32.3 Å². The van der Waals surface area contributed by atoms with Crippen molar-refractivity contribution in [3.63, 3.8) is 0 Å². The van der Waals surface area contributed by atoms with Crippen molar-refractivity contribution in [2.24, 2.45) is 18.9 Å². The number of carboxylic acid groups (broad SMARTS) is 1. The van der Waals surface area contributed by atoms with Gasteiger partial charge >= 0.3 is 5.97 Å². The number of carbonyl (C=O) groups is 3. The summed E-state index contributed by atoms with van der Waals surface area (Å²) in [5.41, 5.74) is -0.0779. The number of carboxylic acids is 1. The number of unbranched alkanes of at least 4 members (excludes halogenated alkanes) is 1. The van der Waals surface area contributed by atoms with Crippen LogP contribution in [0.5, 0.6) is 0 Å². The average Bonchev–Trinajstić information content (AvgIpc) is 3.55. The molecule has 4 unspecified atom stereocenters. The van der Waals surface area contributed by atoms with Crippen LogP contribution in [0.3, 0.4) is 0 Å². The van der Waals surface area contributed by atoms with Crippen molar-refractivity contribution in [2.75, 3.05) is 13.2 Å². The van der Waals surface area contributed by atoms with E-state index in [2.05, 4.69) is 5.32 Å². The lowest BCUT2D eigenvalue weighted by Gasteiger charge is -2.31. The number of amides is 2. The maximum absolute atomic E-state index is 14.1. The third kappa shape index (κ3) is 4.49. The molecule has 0 saturated carbocycles. The van der Waals surface area contributed by atoms with Gasteiger partial charge in [-0.1, -0.05) is 60.7 Å². The van der Waals surface area contributed by atoms with Crippen LogP contribution < -0.4 is 10.9 Å². The Hall–Kier alpha value is -4.54. The van der Waals surface area contributed by atoms with Gasteiger partial charge in [-0.3, -0.25) is 34.1 Å². The topological polar surface area (TPSA) is 134 Å². The van der Waals surface area contributed by atoms with Crippen molar-refractivity contribution in [3.8, 4) is 5.69 Å². The number of fused-ring (bicyclic) bond motifs is 2. The fourth-order valence-corrected chi connectivity index (χ4v) is 6.97. The number of nitrogens with one attached hydrogen (secondary N) is 1. The van der Waals surface area contributed by atoms with Crippen LogP contribution in [0, 0.1) is 18.8 Å². The average molecular weight is 583 g/mol. The number of benzene rings is 3. The maximum atomic E-state index is 14.1. The molecular formula is C33H34N4O6. The first kappa shape index (κ1) is 28.6. The van der Waals surface area contributed by atoms with Crippen LogP contribution in [0.1, 0.15) is 35.7 Å². The van der Waals surface area contributed by atoms with Gasteiger partial charge in [-0.05, 0) is 48.2 Å². The normalized spacial score (nSPS) is 23.3. The summed E-state index contributed by atoms with van der Waals surface area (Å²) in [6.45, 7) is 1.75. The predicted octanol–water partition coefficient (Wildman–Crippen LogP) is 2.72. The molecular weight excluding hydrogens is 548 g/mol. The smallest absolute Gasteiger partial charge is 0.325 e. The molecule has 3 aromatic carbocycles. The lowest BCUT2D eigenvalue weighted by atomic mass is 9.76. The van der Waals surface area contributed by atoms with Gasteiger partial charge in [-0.2, -0.15) is 0 Å². The van der Waals surface area contributed by atoms with Gasteiger partial charge in [0.2, 0.25) is 11.8 Å². The molecule has 3 heterocycles. The Morgan fingerprint density at radius 3 is 2.33 bits per heavy atom. The molecule has 43 heavy (non-hydrogen) atoms. The lowest BCUT2D eigenvalue weighted by molar-refractivity contribution is -0.151. The third-order valence-electron chi connectivity index (χ3n) is 9.12. The van der Waals surface area contributed by atoms with Crippen LogP contribution in [0.15, 0.2) is 77.6 Å². The summed E-state index contributed by atoms with van der Waals surface area (Å²) in [4.78, 5) is 56.5. The second-order valence-electron chi connectivity index (χ2n) is 11.5. The zero-order chi connectivity index (χ0) is 30.5. The molecule has 222 valence electrons. The molecule has 2 aliphatic heterocycles. The van der Waals surface area contributed by atoms with Crippen molar-refractivity contribution in [2.45, 2.75) is 37.8 Å². The summed E-state index contributed by atoms with van der Waals surface area (Å²) >= 11 is 0. The number of aliphatic hydroxyl groups is 1. The summed E-state index contributed by atoms with van der Waals surface area (Å²) in [5.74, 6) is -4.64. The molecule has 2 amide bonds. The molecule has 0 bridgehead atoms. The number of likely N-dealkylation sites (tertiary alicyclic amines) is 1. The van der Waals surface area contributed by atoms with E-state index in [1.165, 1.54) is 4.68 Å². The van der Waals surface area contributed by atoms with E-state index in [1.807, 2.05) is 60.7 Å². The molecule has 6 rings (SSSR count). The molecule has 2 fully saturated rings. The van der Waals surface area contributed by atoms with E-state index < -0.39 is 41.2 Å². The SMILES string of the molecule is Cc1c(C2NC(Cc3ccc4ccccc4c3)(C(=O)O)C3C(=O)N(CCCCO)C(=O)C23)c(=O)n(-c2ccccc2)n1C. The molecule has 2 saturated heterocycles. The Morgan fingerprint density at radius 2 is 1.63 bits per heavy atom. The number of aliphatic hydroxyl groups excluding tert-OH is 1. The molecule has 4 atom stereocenters. The lowest BCUT2D eigenvalue weighted by Crippen LogP contribution is -2.57. The number of imide groups is 1. The van der Waals surface area contributed by atoms with Gasteiger partial charge in [0.1, 0.15) is 5.54 Å².